The van der Waals surface area contributed by atoms with Gasteiger partial charge in [-0.05, 0) is 50.3 Å². The molecule has 10 heteroatoms. The Labute approximate surface area is 164 Å². The summed E-state index contributed by atoms with van der Waals surface area (Å²) in [5.41, 5.74) is 3.01. The SMILES string of the molecule is CNS(=O)(=O)Cc1ccc2[nH]c(CCN(C)C)cc2c1.O=C(O)CCC(=O)O. The number of aliphatic carboxylic acids is 2. The molecule has 2 rings (SSSR count). The highest BCUT2D eigenvalue weighted by Crippen LogP contribution is 2.19. The van der Waals surface area contributed by atoms with Gasteiger partial charge in [0.15, 0.2) is 0 Å². The average molecular weight is 413 g/mol. The van der Waals surface area contributed by atoms with E-state index in [4.69, 9.17) is 10.2 Å². The molecular formula is C18H27N3O6S. The number of aromatic nitrogens is 1. The number of fused-ring (bicyclic) bond motifs is 1. The van der Waals surface area contributed by atoms with Crippen molar-refractivity contribution in [3.63, 3.8) is 0 Å². The van der Waals surface area contributed by atoms with Gasteiger partial charge in [-0.25, -0.2) is 13.1 Å². The molecule has 0 unspecified atom stereocenters. The lowest BCUT2D eigenvalue weighted by atomic mass is 10.2. The molecule has 1 aromatic heterocycles. The molecule has 1 aromatic carbocycles. The Morgan fingerprint density at radius 2 is 1.71 bits per heavy atom. The van der Waals surface area contributed by atoms with E-state index in [-0.39, 0.29) is 18.6 Å². The summed E-state index contributed by atoms with van der Waals surface area (Å²) in [7, 11) is 2.30. The smallest absolute Gasteiger partial charge is 0.303 e. The topological polar surface area (TPSA) is 140 Å². The van der Waals surface area contributed by atoms with Crippen molar-refractivity contribution in [1.82, 2.24) is 14.6 Å². The molecule has 1 heterocycles. The molecule has 0 aliphatic heterocycles. The van der Waals surface area contributed by atoms with Crippen LogP contribution in [0.2, 0.25) is 0 Å². The molecule has 0 amide bonds. The Morgan fingerprint density at radius 1 is 1.11 bits per heavy atom. The highest BCUT2D eigenvalue weighted by Gasteiger charge is 2.10. The van der Waals surface area contributed by atoms with Gasteiger partial charge in [-0.15, -0.1) is 0 Å². The number of nitrogens with zero attached hydrogens (tertiary/aromatic N) is 1. The number of rotatable bonds is 9. The Balaban J connectivity index is 0.000000416. The second-order valence-electron chi connectivity index (χ2n) is 6.52. The first-order valence-corrected chi connectivity index (χ1v) is 10.3. The minimum absolute atomic E-state index is 0.0116. The highest BCUT2D eigenvalue weighted by molar-refractivity contribution is 7.88. The number of H-pyrrole nitrogens is 1. The summed E-state index contributed by atoms with van der Waals surface area (Å²) < 4.78 is 25.5. The largest absolute Gasteiger partial charge is 0.481 e. The van der Waals surface area contributed by atoms with Crippen molar-refractivity contribution in [3.8, 4) is 0 Å². The number of aromatic amines is 1. The van der Waals surface area contributed by atoms with E-state index in [2.05, 4.69) is 20.7 Å². The third kappa shape index (κ3) is 8.98. The van der Waals surface area contributed by atoms with E-state index in [1.54, 1.807) is 0 Å². The predicted molar refractivity (Wildman–Crippen MR) is 107 cm³/mol. The van der Waals surface area contributed by atoms with E-state index in [9.17, 15) is 18.0 Å². The summed E-state index contributed by atoms with van der Waals surface area (Å²) in [6.45, 7) is 0.980. The van der Waals surface area contributed by atoms with Gasteiger partial charge in [0.05, 0.1) is 18.6 Å². The molecule has 0 fully saturated rings. The Morgan fingerprint density at radius 3 is 2.21 bits per heavy atom. The molecule has 0 radical (unpaired) electrons. The van der Waals surface area contributed by atoms with Gasteiger partial charge >= 0.3 is 11.9 Å². The van der Waals surface area contributed by atoms with E-state index in [0.29, 0.717) is 0 Å². The maximum Gasteiger partial charge on any atom is 0.303 e. The van der Waals surface area contributed by atoms with Crippen LogP contribution in [0.5, 0.6) is 0 Å². The van der Waals surface area contributed by atoms with Crippen LogP contribution in [0.1, 0.15) is 24.1 Å². The molecule has 28 heavy (non-hydrogen) atoms. The van der Waals surface area contributed by atoms with Gasteiger partial charge in [-0.2, -0.15) is 0 Å². The molecule has 0 saturated carbocycles. The van der Waals surface area contributed by atoms with E-state index >= 15 is 0 Å². The molecule has 4 N–H and O–H groups in total. The summed E-state index contributed by atoms with van der Waals surface area (Å²) >= 11 is 0. The molecule has 156 valence electrons. The molecule has 0 saturated heterocycles. The lowest BCUT2D eigenvalue weighted by Crippen LogP contribution is -2.20. The van der Waals surface area contributed by atoms with Crippen LogP contribution >= 0.6 is 0 Å². The Bertz CT molecular complexity index is 891. The van der Waals surface area contributed by atoms with E-state index in [1.165, 1.54) is 12.7 Å². The second-order valence-corrected chi connectivity index (χ2v) is 8.45. The van der Waals surface area contributed by atoms with E-state index < -0.39 is 22.0 Å². The third-order valence-corrected chi connectivity index (χ3v) is 5.13. The number of hydrogen-bond donors (Lipinski definition) is 4. The number of sulfonamides is 1. The molecular weight excluding hydrogens is 386 g/mol. The normalized spacial score (nSPS) is 11.3. The highest BCUT2D eigenvalue weighted by atomic mass is 32.2. The third-order valence-electron chi connectivity index (χ3n) is 3.79. The van der Waals surface area contributed by atoms with Crippen molar-refractivity contribution in [1.29, 1.82) is 0 Å². The van der Waals surface area contributed by atoms with Gasteiger partial charge in [0, 0.05) is 24.2 Å². The number of carboxylic acids is 2. The van der Waals surface area contributed by atoms with Gasteiger partial charge in [-0.1, -0.05) is 6.07 Å². The quantitative estimate of drug-likeness (QED) is 0.485. The monoisotopic (exact) mass is 413 g/mol. The zero-order valence-electron chi connectivity index (χ0n) is 16.2. The van der Waals surface area contributed by atoms with Crippen LogP contribution in [0, 0.1) is 0 Å². The maximum absolute atomic E-state index is 11.6. The first kappa shape index (κ1) is 23.6. The van der Waals surface area contributed by atoms with Crippen LogP contribution in [0.3, 0.4) is 0 Å². The number of hydrogen-bond acceptors (Lipinski definition) is 5. The van der Waals surface area contributed by atoms with Gasteiger partial charge in [0.1, 0.15) is 0 Å². The zero-order chi connectivity index (χ0) is 21.3. The molecule has 9 nitrogen and oxygen atoms in total. The number of carbonyl (C=O) groups is 2. The standard InChI is InChI=1S/C14H21N3O2S.C4H6O4/c1-15-20(18,19)10-11-4-5-14-12(8-11)9-13(16-14)6-7-17(2)3;5-3(6)1-2-4(7)8/h4-5,8-9,15-16H,6-7,10H2,1-3H3;1-2H2,(H,5,6)(H,7,8). The molecule has 0 aliphatic rings. The minimum atomic E-state index is -3.22. The lowest BCUT2D eigenvalue weighted by Gasteiger charge is -2.07. The fourth-order valence-electron chi connectivity index (χ4n) is 2.32. The molecule has 0 atom stereocenters. The number of carboxylic acid groups (broad SMARTS) is 2. The van der Waals surface area contributed by atoms with Crippen molar-refractivity contribution in [2.45, 2.75) is 25.0 Å². The molecule has 0 bridgehead atoms. The van der Waals surface area contributed by atoms with Crippen molar-refractivity contribution in [2.75, 3.05) is 27.7 Å². The predicted octanol–water partition coefficient (Wildman–Crippen LogP) is 1.26. The van der Waals surface area contributed by atoms with E-state index in [0.717, 1.165) is 29.4 Å². The number of benzene rings is 1. The van der Waals surface area contributed by atoms with Crippen LogP contribution in [-0.2, 0) is 31.8 Å². The zero-order valence-corrected chi connectivity index (χ0v) is 17.0. The van der Waals surface area contributed by atoms with Crippen LogP contribution in [0.4, 0.5) is 0 Å². The summed E-state index contributed by atoms with van der Waals surface area (Å²) in [4.78, 5) is 24.8. The van der Waals surface area contributed by atoms with Gasteiger partial charge in [0.25, 0.3) is 0 Å². The van der Waals surface area contributed by atoms with Crippen LogP contribution in [0.15, 0.2) is 24.3 Å². The minimum Gasteiger partial charge on any atom is -0.481 e. The molecule has 2 aromatic rings. The summed E-state index contributed by atoms with van der Waals surface area (Å²) in [6, 6.07) is 7.81. The number of nitrogens with one attached hydrogen (secondary N) is 2. The summed E-state index contributed by atoms with van der Waals surface area (Å²) in [5.74, 6) is -2.14. The Kier molecular flexibility index (Phi) is 9.10. The summed E-state index contributed by atoms with van der Waals surface area (Å²) in [6.07, 6.45) is 0.358. The van der Waals surface area contributed by atoms with Crippen LogP contribution in [0.25, 0.3) is 10.9 Å². The lowest BCUT2D eigenvalue weighted by molar-refractivity contribution is -0.143. The van der Waals surface area contributed by atoms with Gasteiger partial charge in [0.2, 0.25) is 10.0 Å². The van der Waals surface area contributed by atoms with E-state index in [1.807, 2.05) is 32.3 Å². The van der Waals surface area contributed by atoms with Crippen molar-refractivity contribution >= 4 is 32.9 Å². The van der Waals surface area contributed by atoms with Crippen molar-refractivity contribution < 1.29 is 28.2 Å². The molecule has 0 spiro atoms. The molecule has 0 aliphatic carbocycles. The summed E-state index contributed by atoms with van der Waals surface area (Å²) in [5, 5.41) is 16.9. The Hall–Kier alpha value is -2.43. The first-order chi connectivity index (χ1) is 13.0. The van der Waals surface area contributed by atoms with Gasteiger partial charge < -0.3 is 20.1 Å². The first-order valence-electron chi connectivity index (χ1n) is 8.62. The van der Waals surface area contributed by atoms with Crippen LogP contribution < -0.4 is 4.72 Å². The van der Waals surface area contributed by atoms with Crippen molar-refractivity contribution in [2.24, 2.45) is 0 Å². The maximum atomic E-state index is 11.6. The second kappa shape index (κ2) is 10.8. The van der Waals surface area contributed by atoms with Crippen LogP contribution in [-0.4, -0.2) is 68.1 Å². The fourth-order valence-corrected chi connectivity index (χ4v) is 3.08. The fraction of sp³-hybridized carbons (Fsp3) is 0.444. The average Bonchev–Trinajstić information content (AvgIpc) is 3.00. The van der Waals surface area contributed by atoms with Gasteiger partial charge in [-0.3, -0.25) is 9.59 Å². The number of likely N-dealkylation sites (N-methyl/N-ethyl adjacent to an activating group) is 1. The van der Waals surface area contributed by atoms with Crippen molar-refractivity contribution in [3.05, 3.63) is 35.5 Å².